The average molecular weight is 355 g/mol. The number of anilines is 1. The third kappa shape index (κ3) is 3.50. The van der Waals surface area contributed by atoms with Crippen LogP contribution in [0.4, 0.5) is 5.69 Å². The minimum atomic E-state index is -0.00481. The highest BCUT2D eigenvalue weighted by molar-refractivity contribution is 5.97. The SMILES string of the molecule is Cc1cc(C(=O)NC2CCCCC2)ccc1NC(=O)C1CNCC12CC2. The molecule has 5 heteroatoms. The van der Waals surface area contributed by atoms with Crippen molar-refractivity contribution < 1.29 is 9.59 Å². The third-order valence-corrected chi connectivity index (χ3v) is 6.46. The third-order valence-electron chi connectivity index (χ3n) is 6.46. The molecule has 140 valence electrons. The summed E-state index contributed by atoms with van der Waals surface area (Å²) >= 11 is 0. The predicted molar refractivity (Wildman–Crippen MR) is 102 cm³/mol. The van der Waals surface area contributed by atoms with Gasteiger partial charge in [0, 0.05) is 30.4 Å². The smallest absolute Gasteiger partial charge is 0.251 e. The molecule has 1 saturated heterocycles. The molecule has 3 fully saturated rings. The summed E-state index contributed by atoms with van der Waals surface area (Å²) in [4.78, 5) is 25.2. The number of aryl methyl sites for hydroxylation is 1. The summed E-state index contributed by atoms with van der Waals surface area (Å²) in [5.41, 5.74) is 2.63. The van der Waals surface area contributed by atoms with Gasteiger partial charge in [0.2, 0.25) is 5.91 Å². The molecule has 1 spiro atoms. The Morgan fingerprint density at radius 2 is 1.92 bits per heavy atom. The van der Waals surface area contributed by atoms with E-state index in [1.54, 1.807) is 0 Å². The number of amides is 2. The zero-order valence-corrected chi connectivity index (χ0v) is 15.6. The lowest BCUT2D eigenvalue weighted by atomic mass is 9.92. The van der Waals surface area contributed by atoms with Crippen molar-refractivity contribution >= 4 is 17.5 Å². The minimum absolute atomic E-state index is 0.00481. The molecule has 4 rings (SSSR count). The Labute approximate surface area is 155 Å². The molecular formula is C21H29N3O2. The monoisotopic (exact) mass is 355 g/mol. The first kappa shape index (κ1) is 17.5. The molecule has 2 amide bonds. The van der Waals surface area contributed by atoms with E-state index in [4.69, 9.17) is 0 Å². The maximum Gasteiger partial charge on any atom is 0.251 e. The van der Waals surface area contributed by atoms with Gasteiger partial charge < -0.3 is 16.0 Å². The standard InChI is InChI=1S/C21H29N3O2/c1-14-11-15(19(25)23-16-5-3-2-4-6-16)7-8-18(14)24-20(26)17-12-22-13-21(17)9-10-21/h7-8,11,16-17,22H,2-6,9-10,12-13H2,1H3,(H,23,25)(H,24,26). The van der Waals surface area contributed by atoms with E-state index in [1.807, 2.05) is 25.1 Å². The van der Waals surface area contributed by atoms with Crippen LogP contribution in [0.25, 0.3) is 0 Å². The quantitative estimate of drug-likeness (QED) is 0.778. The van der Waals surface area contributed by atoms with E-state index in [-0.39, 0.29) is 23.1 Å². The van der Waals surface area contributed by atoms with Gasteiger partial charge in [-0.25, -0.2) is 0 Å². The Hall–Kier alpha value is -1.88. The van der Waals surface area contributed by atoms with Crippen molar-refractivity contribution in [2.45, 2.75) is 57.9 Å². The number of hydrogen-bond acceptors (Lipinski definition) is 3. The zero-order valence-electron chi connectivity index (χ0n) is 15.6. The normalized spacial score (nSPS) is 24.4. The second kappa shape index (κ2) is 7.03. The minimum Gasteiger partial charge on any atom is -0.349 e. The maximum absolute atomic E-state index is 12.7. The second-order valence-electron chi connectivity index (χ2n) is 8.37. The molecule has 1 unspecified atom stereocenters. The molecule has 2 aliphatic carbocycles. The van der Waals surface area contributed by atoms with Crippen LogP contribution in [-0.4, -0.2) is 30.9 Å². The fraction of sp³-hybridized carbons (Fsp3) is 0.619. The lowest BCUT2D eigenvalue weighted by molar-refractivity contribution is -0.120. The van der Waals surface area contributed by atoms with Gasteiger partial charge in [-0.05, 0) is 61.8 Å². The van der Waals surface area contributed by atoms with Gasteiger partial charge in [-0.1, -0.05) is 19.3 Å². The second-order valence-corrected chi connectivity index (χ2v) is 8.37. The zero-order chi connectivity index (χ0) is 18.1. The van der Waals surface area contributed by atoms with Crippen molar-refractivity contribution in [3.63, 3.8) is 0 Å². The van der Waals surface area contributed by atoms with Crippen LogP contribution >= 0.6 is 0 Å². The molecule has 0 radical (unpaired) electrons. The van der Waals surface area contributed by atoms with E-state index < -0.39 is 0 Å². The van der Waals surface area contributed by atoms with Crippen LogP contribution < -0.4 is 16.0 Å². The summed E-state index contributed by atoms with van der Waals surface area (Å²) in [5.74, 6) is 0.168. The van der Waals surface area contributed by atoms with Gasteiger partial charge in [0.15, 0.2) is 0 Å². The summed E-state index contributed by atoms with van der Waals surface area (Å²) < 4.78 is 0. The molecule has 1 heterocycles. The van der Waals surface area contributed by atoms with E-state index in [9.17, 15) is 9.59 Å². The Morgan fingerprint density at radius 3 is 2.62 bits per heavy atom. The lowest BCUT2D eigenvalue weighted by Gasteiger charge is -2.23. The number of benzene rings is 1. The molecular weight excluding hydrogens is 326 g/mol. The van der Waals surface area contributed by atoms with Crippen molar-refractivity contribution in [1.82, 2.24) is 10.6 Å². The van der Waals surface area contributed by atoms with Crippen molar-refractivity contribution in [1.29, 1.82) is 0 Å². The largest absolute Gasteiger partial charge is 0.349 e. The molecule has 5 nitrogen and oxygen atoms in total. The average Bonchev–Trinajstić information content (AvgIpc) is 3.28. The van der Waals surface area contributed by atoms with Gasteiger partial charge in [-0.2, -0.15) is 0 Å². The molecule has 1 aromatic carbocycles. The molecule has 26 heavy (non-hydrogen) atoms. The molecule has 0 bridgehead atoms. The highest BCUT2D eigenvalue weighted by atomic mass is 16.2. The van der Waals surface area contributed by atoms with Crippen LogP contribution in [0.3, 0.4) is 0 Å². The van der Waals surface area contributed by atoms with Crippen molar-refractivity contribution in [3.05, 3.63) is 29.3 Å². The number of hydrogen-bond donors (Lipinski definition) is 3. The van der Waals surface area contributed by atoms with Crippen molar-refractivity contribution in [2.24, 2.45) is 11.3 Å². The summed E-state index contributed by atoms with van der Waals surface area (Å²) in [6.45, 7) is 3.68. The van der Waals surface area contributed by atoms with Crippen molar-refractivity contribution in [3.8, 4) is 0 Å². The van der Waals surface area contributed by atoms with Gasteiger partial charge in [-0.15, -0.1) is 0 Å². The summed E-state index contributed by atoms with van der Waals surface area (Å²) in [5, 5.41) is 9.59. The number of nitrogens with one attached hydrogen (secondary N) is 3. The van der Waals surface area contributed by atoms with E-state index >= 15 is 0 Å². The number of carbonyl (C=O) groups is 2. The summed E-state index contributed by atoms with van der Waals surface area (Å²) in [6.07, 6.45) is 8.14. The molecule has 1 aliphatic heterocycles. The molecule has 1 atom stereocenters. The van der Waals surface area contributed by atoms with Gasteiger partial charge in [0.1, 0.15) is 0 Å². The first-order chi connectivity index (χ1) is 12.6. The lowest BCUT2D eigenvalue weighted by Crippen LogP contribution is -2.36. The fourth-order valence-electron chi connectivity index (χ4n) is 4.54. The van der Waals surface area contributed by atoms with Crippen LogP contribution in [0.5, 0.6) is 0 Å². The molecule has 3 aliphatic rings. The molecule has 0 aromatic heterocycles. The van der Waals surface area contributed by atoms with Gasteiger partial charge >= 0.3 is 0 Å². The maximum atomic E-state index is 12.7. The summed E-state index contributed by atoms with van der Waals surface area (Å²) in [7, 11) is 0. The fourth-order valence-corrected chi connectivity index (χ4v) is 4.54. The molecule has 1 aromatic rings. The van der Waals surface area contributed by atoms with Crippen LogP contribution in [0, 0.1) is 18.3 Å². The number of carbonyl (C=O) groups excluding carboxylic acids is 2. The van der Waals surface area contributed by atoms with Crippen LogP contribution in [0.15, 0.2) is 18.2 Å². The predicted octanol–water partition coefficient (Wildman–Crippen LogP) is 3.00. The highest BCUT2D eigenvalue weighted by Gasteiger charge is 2.55. The first-order valence-corrected chi connectivity index (χ1v) is 10.0. The van der Waals surface area contributed by atoms with E-state index in [1.165, 1.54) is 19.3 Å². The first-order valence-electron chi connectivity index (χ1n) is 10.0. The Kier molecular flexibility index (Phi) is 4.74. The van der Waals surface area contributed by atoms with Crippen molar-refractivity contribution in [2.75, 3.05) is 18.4 Å². The van der Waals surface area contributed by atoms with Crippen LogP contribution in [0.2, 0.25) is 0 Å². The Bertz CT molecular complexity index is 705. The van der Waals surface area contributed by atoms with Crippen LogP contribution in [-0.2, 0) is 4.79 Å². The number of rotatable bonds is 4. The summed E-state index contributed by atoms with van der Waals surface area (Å²) in [6, 6.07) is 5.87. The van der Waals surface area contributed by atoms with Gasteiger partial charge in [0.25, 0.3) is 5.91 Å². The van der Waals surface area contributed by atoms with E-state index in [2.05, 4.69) is 16.0 Å². The highest BCUT2D eigenvalue weighted by Crippen LogP contribution is 2.54. The van der Waals surface area contributed by atoms with Crippen LogP contribution in [0.1, 0.15) is 60.9 Å². The Balaban J connectivity index is 1.39. The molecule has 2 saturated carbocycles. The van der Waals surface area contributed by atoms with E-state index in [0.717, 1.165) is 50.0 Å². The molecule has 3 N–H and O–H groups in total. The van der Waals surface area contributed by atoms with Gasteiger partial charge in [-0.3, -0.25) is 9.59 Å². The van der Waals surface area contributed by atoms with Gasteiger partial charge in [0.05, 0.1) is 5.92 Å². The Morgan fingerprint density at radius 1 is 1.15 bits per heavy atom. The topological polar surface area (TPSA) is 70.2 Å². The van der Waals surface area contributed by atoms with E-state index in [0.29, 0.717) is 11.6 Å².